The number of hydrogen-bond donors (Lipinski definition) is 16. The van der Waals surface area contributed by atoms with Crippen LogP contribution < -0.4 is 65.9 Å². The van der Waals surface area contributed by atoms with Gasteiger partial charge in [-0.25, -0.2) is 4.79 Å². The fraction of sp³-hybridized carbons (Fsp3) is 0.698. The average Bonchev–Trinajstić information content (AvgIpc) is 3.77. The minimum atomic E-state index is -1.90. The first-order valence-electron chi connectivity index (χ1n) is 23.5. The first-order chi connectivity index (χ1) is 33.9. The van der Waals surface area contributed by atoms with Gasteiger partial charge >= 0.3 is 11.9 Å². The van der Waals surface area contributed by atoms with E-state index in [1.807, 2.05) is 0 Å². The Morgan fingerprint density at radius 3 is 1.60 bits per heavy atom. The molecule has 0 saturated carbocycles. The largest absolute Gasteiger partial charge is 0.481 e. The lowest BCUT2D eigenvalue weighted by atomic mass is 10.00. The minimum Gasteiger partial charge on any atom is -0.481 e. The smallest absolute Gasteiger partial charge is 0.328 e. The number of likely N-dealkylation sites (tertiary alicyclic amines) is 1. The van der Waals surface area contributed by atoms with Gasteiger partial charge in [-0.15, -0.1) is 0 Å². The quantitative estimate of drug-likeness (QED) is 0.0169. The molecule has 0 aromatic rings. The Kier molecular flexibility index (Phi) is 26.8. The van der Waals surface area contributed by atoms with Crippen LogP contribution in [0.15, 0.2) is 4.99 Å². The monoisotopic (exact) mass is 1040 g/mol. The van der Waals surface area contributed by atoms with Gasteiger partial charge in [0.15, 0.2) is 12.0 Å². The molecule has 73 heavy (non-hydrogen) atoms. The molecule has 30 heteroatoms. The van der Waals surface area contributed by atoms with E-state index in [-0.39, 0.29) is 50.7 Å². The van der Waals surface area contributed by atoms with Gasteiger partial charge in [-0.1, -0.05) is 27.7 Å². The maximum atomic E-state index is 14.0. The number of guanidine groups is 1. The van der Waals surface area contributed by atoms with Crippen LogP contribution in [0, 0.1) is 11.8 Å². The number of carbonyl (C=O) groups excluding carboxylic acids is 10. The number of amides is 10. The molecule has 0 bridgehead atoms. The molecule has 1 aliphatic rings. The lowest BCUT2D eigenvalue weighted by molar-refractivity contribution is -0.147. The average molecular weight is 1040 g/mol. The number of carboxylic acids is 2. The van der Waals surface area contributed by atoms with Crippen LogP contribution in [0.25, 0.3) is 0 Å². The number of aliphatic hydroxyl groups is 2. The Bertz CT molecular complexity index is 2030. The molecule has 0 aromatic carbocycles. The predicted octanol–water partition coefficient (Wildman–Crippen LogP) is -7.08. The van der Waals surface area contributed by atoms with Crippen molar-refractivity contribution in [3.05, 3.63) is 0 Å². The third kappa shape index (κ3) is 22.4. The van der Waals surface area contributed by atoms with Crippen LogP contribution >= 0.6 is 0 Å². The van der Waals surface area contributed by atoms with Crippen molar-refractivity contribution < 1.29 is 78.0 Å². The van der Waals surface area contributed by atoms with E-state index in [1.54, 1.807) is 27.7 Å². The first-order valence-corrected chi connectivity index (χ1v) is 23.5. The number of hydrogen-bond acceptors (Lipinski definition) is 16. The highest BCUT2D eigenvalue weighted by Crippen LogP contribution is 2.21. The normalized spacial score (nSPS) is 17.4. The van der Waals surface area contributed by atoms with Crippen LogP contribution in [0.2, 0.25) is 0 Å². The fourth-order valence-electron chi connectivity index (χ4n) is 7.36. The lowest BCUT2D eigenvalue weighted by Gasteiger charge is -2.32. The molecular formula is C43H74N14O16. The standard InChI is InChI=1S/C43H74N14O16/c1-18(2)15-25(52-37(67)26(17-29(46)61)53-35(65)23(9-7-13-49-43(47)48)50-34(64)22(44)16-28(45)60)38(68)55-32(20(5)58)40(70)51-24(11-12-30(62)63)36(66)54-31(19(3)4)41(71)57-14-8-10-27(57)39(69)56-33(21(6)59)42(72)73/h18-27,31-33,58-59H,7-17,44H2,1-6H3,(H2,45,60)(H2,46,61)(H,50,64)(H,51,70)(H,52,67)(H,53,65)(H,54,66)(H,55,68)(H,56,69)(H,62,63)(H,72,73)(H4,47,48,49)/t20-,21-,22+,23+,24+,25+,26+,27+,31+,32+,33+/m1/s1. The third-order valence-electron chi connectivity index (χ3n) is 11.2. The van der Waals surface area contributed by atoms with Crippen molar-refractivity contribution in [3.8, 4) is 0 Å². The molecule has 1 saturated heterocycles. The number of carboxylic acid groups (broad SMARTS) is 2. The zero-order valence-corrected chi connectivity index (χ0v) is 41.8. The number of carbonyl (C=O) groups is 12. The molecule has 21 N–H and O–H groups in total. The zero-order valence-electron chi connectivity index (χ0n) is 41.8. The van der Waals surface area contributed by atoms with E-state index in [9.17, 15) is 78.0 Å². The number of nitrogens with one attached hydrogen (secondary N) is 7. The van der Waals surface area contributed by atoms with Gasteiger partial charge in [0.2, 0.25) is 59.1 Å². The fourth-order valence-corrected chi connectivity index (χ4v) is 7.36. The highest BCUT2D eigenvalue weighted by Gasteiger charge is 2.42. The summed E-state index contributed by atoms with van der Waals surface area (Å²) in [4.78, 5) is 161. The van der Waals surface area contributed by atoms with Crippen LogP contribution in [0.1, 0.15) is 99.3 Å². The molecule has 1 heterocycles. The van der Waals surface area contributed by atoms with Gasteiger partial charge in [0.1, 0.15) is 42.3 Å². The molecule has 1 fully saturated rings. The Labute approximate surface area is 420 Å². The van der Waals surface area contributed by atoms with Gasteiger partial charge in [0.05, 0.1) is 31.1 Å². The predicted molar refractivity (Wildman–Crippen MR) is 256 cm³/mol. The van der Waals surface area contributed by atoms with Crippen molar-refractivity contribution in [1.29, 1.82) is 0 Å². The van der Waals surface area contributed by atoms with E-state index in [2.05, 4.69) is 42.2 Å². The molecule has 0 radical (unpaired) electrons. The maximum Gasteiger partial charge on any atom is 0.328 e. The summed E-state index contributed by atoms with van der Waals surface area (Å²) in [6, 6.07) is -14.2. The summed E-state index contributed by atoms with van der Waals surface area (Å²) in [6.45, 7) is 8.65. The number of nitrogens with two attached hydrogens (primary N) is 5. The molecule has 1 rings (SSSR count). The number of aliphatic carboxylic acids is 2. The third-order valence-corrected chi connectivity index (χ3v) is 11.2. The van der Waals surface area contributed by atoms with E-state index >= 15 is 0 Å². The summed E-state index contributed by atoms with van der Waals surface area (Å²) in [5.74, 6) is -14.4. The van der Waals surface area contributed by atoms with Crippen molar-refractivity contribution in [2.75, 3.05) is 13.1 Å². The molecule has 30 nitrogen and oxygen atoms in total. The van der Waals surface area contributed by atoms with E-state index in [1.165, 1.54) is 0 Å². The first kappa shape index (κ1) is 63.8. The molecule has 0 aromatic heterocycles. The van der Waals surface area contributed by atoms with Crippen molar-refractivity contribution in [2.24, 2.45) is 45.5 Å². The van der Waals surface area contributed by atoms with E-state index in [0.29, 0.717) is 6.42 Å². The highest BCUT2D eigenvalue weighted by atomic mass is 16.4. The molecule has 412 valence electrons. The molecule has 0 unspecified atom stereocenters. The summed E-state index contributed by atoms with van der Waals surface area (Å²) in [5, 5.41) is 55.9. The van der Waals surface area contributed by atoms with E-state index in [4.69, 9.17) is 28.7 Å². The van der Waals surface area contributed by atoms with Crippen molar-refractivity contribution >= 4 is 77.0 Å². The Balaban J connectivity index is 3.43. The van der Waals surface area contributed by atoms with Crippen LogP contribution in [0.4, 0.5) is 0 Å². The molecular weight excluding hydrogens is 969 g/mol. The van der Waals surface area contributed by atoms with Crippen molar-refractivity contribution in [3.63, 3.8) is 0 Å². The summed E-state index contributed by atoms with van der Waals surface area (Å²) >= 11 is 0. The van der Waals surface area contributed by atoms with Gasteiger partial charge < -0.3 is 91.2 Å². The van der Waals surface area contributed by atoms with Gasteiger partial charge in [-0.05, 0) is 64.2 Å². The number of aliphatic hydroxyl groups excluding tert-OH is 2. The second-order valence-electron chi connectivity index (χ2n) is 18.4. The molecule has 10 amide bonds. The second kappa shape index (κ2) is 30.6. The Hall–Kier alpha value is -7.21. The summed E-state index contributed by atoms with van der Waals surface area (Å²) in [7, 11) is 0. The van der Waals surface area contributed by atoms with Crippen molar-refractivity contribution in [1.82, 2.24) is 42.1 Å². The number of rotatable bonds is 32. The molecule has 1 aliphatic heterocycles. The molecule has 11 atom stereocenters. The van der Waals surface area contributed by atoms with Gasteiger partial charge in [-0.3, -0.25) is 57.7 Å². The number of nitrogens with zero attached hydrogens (tertiary/aromatic N) is 2. The summed E-state index contributed by atoms with van der Waals surface area (Å²) < 4.78 is 0. The number of primary amides is 2. The van der Waals surface area contributed by atoms with Gasteiger partial charge in [0, 0.05) is 19.5 Å². The zero-order chi connectivity index (χ0) is 56.0. The van der Waals surface area contributed by atoms with Crippen LogP contribution in [0.3, 0.4) is 0 Å². The molecule has 0 aliphatic carbocycles. The number of aliphatic imine (C=N–C) groups is 1. The lowest BCUT2D eigenvalue weighted by Crippen LogP contribution is -2.62. The topological polar surface area (TPSA) is 516 Å². The SMILES string of the molecule is CC(C)C[C@H](NC(=O)[C@H](CC(N)=O)NC(=O)[C@H](CCCN=C(N)N)NC(=O)[C@@H](N)CC(N)=O)C(=O)N[C@H](C(=O)N[C@@H](CCC(=O)O)C(=O)N[C@H](C(=O)N1CCC[C@H]1C(=O)N[C@H](C(=O)O)[C@@H](C)O)C(C)C)[C@@H](C)O. The van der Waals surface area contributed by atoms with E-state index in [0.717, 1.165) is 18.7 Å². The summed E-state index contributed by atoms with van der Waals surface area (Å²) in [5.41, 5.74) is 27.0. The van der Waals surface area contributed by atoms with Gasteiger partial charge in [0.25, 0.3) is 0 Å². The summed E-state index contributed by atoms with van der Waals surface area (Å²) in [6.07, 6.45) is -5.72. The van der Waals surface area contributed by atoms with Crippen molar-refractivity contribution in [2.45, 2.75) is 166 Å². The molecule has 0 spiro atoms. The maximum absolute atomic E-state index is 14.0. The Morgan fingerprint density at radius 1 is 0.603 bits per heavy atom. The Morgan fingerprint density at radius 2 is 1.10 bits per heavy atom. The van der Waals surface area contributed by atoms with Crippen LogP contribution in [0.5, 0.6) is 0 Å². The second-order valence-corrected chi connectivity index (χ2v) is 18.4. The van der Waals surface area contributed by atoms with Gasteiger partial charge in [-0.2, -0.15) is 0 Å². The highest BCUT2D eigenvalue weighted by molar-refractivity contribution is 5.99. The van der Waals surface area contributed by atoms with Crippen LogP contribution in [-0.2, 0) is 57.5 Å². The van der Waals surface area contributed by atoms with Crippen LogP contribution in [-0.4, -0.2) is 182 Å². The minimum absolute atomic E-state index is 0.0111. The van der Waals surface area contributed by atoms with E-state index < -0.39 is 169 Å².